The molecular weight excluding hydrogens is 320 g/mol. The van der Waals surface area contributed by atoms with Crippen molar-refractivity contribution >= 4 is 5.84 Å². The fourth-order valence-corrected chi connectivity index (χ4v) is 3.09. The Kier molecular flexibility index (Phi) is 4.94. The quantitative estimate of drug-likeness (QED) is 0.735. The average molecular weight is 342 g/mol. The van der Waals surface area contributed by atoms with Gasteiger partial charge < -0.3 is 0 Å². The number of amidine groups is 1. The summed E-state index contributed by atoms with van der Waals surface area (Å²) in [4.78, 5) is 0. The summed E-state index contributed by atoms with van der Waals surface area (Å²) in [5.74, 6) is 1.02. The third-order valence-corrected chi connectivity index (χ3v) is 4.44. The monoisotopic (exact) mass is 342 g/mol. The van der Waals surface area contributed by atoms with Crippen molar-refractivity contribution < 1.29 is 0 Å². The molecule has 4 heteroatoms. The lowest BCUT2D eigenvalue weighted by Gasteiger charge is -2.29. The third kappa shape index (κ3) is 3.92. The summed E-state index contributed by atoms with van der Waals surface area (Å²) >= 11 is 0. The second kappa shape index (κ2) is 7.85. The summed E-state index contributed by atoms with van der Waals surface area (Å²) in [7, 11) is 0. The predicted octanol–water partition coefficient (Wildman–Crippen LogP) is 3.98. The number of nitrogens with one attached hydrogen (secondary N) is 1. The van der Waals surface area contributed by atoms with Crippen molar-refractivity contribution in [2.24, 2.45) is 5.10 Å². The van der Waals surface area contributed by atoms with E-state index in [0.717, 1.165) is 25.3 Å². The van der Waals surface area contributed by atoms with Crippen LogP contribution < -0.4 is 5.53 Å². The maximum absolute atomic E-state index is 4.60. The van der Waals surface area contributed by atoms with Gasteiger partial charge >= 0.3 is 0 Å². The lowest BCUT2D eigenvalue weighted by Crippen LogP contribution is -2.44. The second-order valence-corrected chi connectivity index (χ2v) is 6.38. The van der Waals surface area contributed by atoms with Gasteiger partial charge in [-0.3, -0.25) is 5.01 Å². The Balaban J connectivity index is 1.54. The van der Waals surface area contributed by atoms with Crippen LogP contribution in [0.25, 0.3) is 0 Å². The van der Waals surface area contributed by atoms with Gasteiger partial charge in [-0.2, -0.15) is 0 Å². The van der Waals surface area contributed by atoms with Crippen LogP contribution in [-0.4, -0.2) is 16.0 Å². The van der Waals surface area contributed by atoms with Gasteiger partial charge in [0.25, 0.3) is 0 Å². The first-order chi connectivity index (χ1) is 12.9. The fraction of sp³-hybridized carbons (Fsp3) is 0.136. The molecule has 0 radical (unpaired) electrons. The predicted molar refractivity (Wildman–Crippen MR) is 105 cm³/mol. The summed E-state index contributed by atoms with van der Waals surface area (Å²) in [6.45, 7) is 1.54. The molecule has 0 amide bonds. The van der Waals surface area contributed by atoms with Crippen molar-refractivity contribution in [3.63, 3.8) is 0 Å². The van der Waals surface area contributed by atoms with Crippen molar-refractivity contribution in [1.82, 2.24) is 15.7 Å². The van der Waals surface area contributed by atoms with Crippen LogP contribution in [0.1, 0.15) is 16.7 Å². The zero-order valence-corrected chi connectivity index (χ0v) is 14.6. The average Bonchev–Trinajstić information content (AvgIpc) is 3.05. The van der Waals surface area contributed by atoms with E-state index in [1.54, 1.807) is 0 Å². The number of rotatable bonds is 6. The zero-order valence-electron chi connectivity index (χ0n) is 14.6. The van der Waals surface area contributed by atoms with Crippen molar-refractivity contribution in [2.75, 3.05) is 0 Å². The normalized spacial score (nSPS) is 14.2. The highest BCUT2D eigenvalue weighted by molar-refractivity contribution is 5.84. The van der Waals surface area contributed by atoms with Crippen molar-refractivity contribution in [3.8, 4) is 0 Å². The largest absolute Gasteiger partial charge is 0.267 e. The first-order valence-electron chi connectivity index (χ1n) is 8.87. The molecule has 1 aliphatic rings. The molecule has 3 aromatic carbocycles. The van der Waals surface area contributed by atoms with E-state index >= 15 is 0 Å². The van der Waals surface area contributed by atoms with Gasteiger partial charge in [-0.15, -0.1) is 10.2 Å². The molecule has 0 unspecified atom stereocenters. The van der Waals surface area contributed by atoms with Crippen LogP contribution >= 0.6 is 0 Å². The lowest BCUT2D eigenvalue weighted by molar-refractivity contribution is -0.00122. The Morgan fingerprint density at radius 2 is 1.12 bits per heavy atom. The van der Waals surface area contributed by atoms with Crippen LogP contribution in [0.5, 0.6) is 0 Å². The van der Waals surface area contributed by atoms with Gasteiger partial charge in [-0.1, -0.05) is 91.0 Å². The third-order valence-electron chi connectivity index (χ3n) is 4.44. The molecule has 1 aliphatic heterocycles. The molecule has 4 nitrogen and oxygen atoms in total. The van der Waals surface area contributed by atoms with Gasteiger partial charge in [0.15, 0.2) is 0 Å². The fourth-order valence-electron chi connectivity index (χ4n) is 3.09. The van der Waals surface area contributed by atoms with E-state index in [4.69, 9.17) is 0 Å². The molecule has 130 valence electrons. The Morgan fingerprint density at radius 1 is 0.615 bits per heavy atom. The van der Waals surface area contributed by atoms with Gasteiger partial charge in [0, 0.05) is 6.42 Å². The molecule has 0 saturated carbocycles. The number of hydrazone groups is 1. The summed E-state index contributed by atoms with van der Waals surface area (Å²) < 4.78 is 0. The molecule has 0 aliphatic carbocycles. The SMILES string of the molecule is c1ccc(CC2=NNN(Cc3ccccc3)N2Cc2ccccc2)cc1. The van der Waals surface area contributed by atoms with Gasteiger partial charge in [0.1, 0.15) is 5.84 Å². The molecular formula is C22H22N4. The van der Waals surface area contributed by atoms with Crippen molar-refractivity contribution in [2.45, 2.75) is 19.5 Å². The lowest BCUT2D eigenvalue weighted by atomic mass is 10.1. The van der Waals surface area contributed by atoms with Crippen LogP contribution in [0, 0.1) is 0 Å². The minimum Gasteiger partial charge on any atom is -0.267 e. The van der Waals surface area contributed by atoms with Gasteiger partial charge in [-0.25, -0.2) is 5.53 Å². The van der Waals surface area contributed by atoms with Crippen molar-refractivity contribution in [1.29, 1.82) is 0 Å². The number of benzene rings is 3. The van der Waals surface area contributed by atoms with Crippen LogP contribution in [0.4, 0.5) is 0 Å². The minimum absolute atomic E-state index is 0.759. The first-order valence-corrected chi connectivity index (χ1v) is 8.87. The van der Waals surface area contributed by atoms with Gasteiger partial charge in [0.05, 0.1) is 13.1 Å². The summed E-state index contributed by atoms with van der Waals surface area (Å²) in [6, 6.07) is 31.4. The Bertz CT molecular complexity index is 847. The summed E-state index contributed by atoms with van der Waals surface area (Å²) in [5.41, 5.74) is 6.95. The van der Waals surface area contributed by atoms with E-state index in [9.17, 15) is 0 Å². The molecule has 3 aromatic rings. The van der Waals surface area contributed by atoms with Crippen LogP contribution in [0.15, 0.2) is 96.1 Å². The van der Waals surface area contributed by atoms with E-state index in [1.807, 2.05) is 18.2 Å². The maximum atomic E-state index is 4.60. The number of nitrogens with zero attached hydrogens (tertiary/aromatic N) is 3. The molecule has 0 atom stereocenters. The van der Waals surface area contributed by atoms with Crippen LogP contribution in [0.3, 0.4) is 0 Å². The number of hydrogen-bond acceptors (Lipinski definition) is 4. The van der Waals surface area contributed by atoms with Gasteiger partial charge in [0.2, 0.25) is 0 Å². The molecule has 0 spiro atoms. The molecule has 1 N–H and O–H groups in total. The van der Waals surface area contributed by atoms with E-state index < -0.39 is 0 Å². The highest BCUT2D eigenvalue weighted by Crippen LogP contribution is 2.17. The van der Waals surface area contributed by atoms with Crippen LogP contribution in [-0.2, 0) is 19.5 Å². The second-order valence-electron chi connectivity index (χ2n) is 6.38. The van der Waals surface area contributed by atoms with Crippen LogP contribution in [0.2, 0.25) is 0 Å². The number of hydrogen-bond donors (Lipinski definition) is 1. The van der Waals surface area contributed by atoms with E-state index in [1.165, 1.54) is 16.7 Å². The Morgan fingerprint density at radius 3 is 1.69 bits per heavy atom. The summed E-state index contributed by atoms with van der Waals surface area (Å²) in [5, 5.41) is 8.92. The molecule has 1 heterocycles. The summed E-state index contributed by atoms with van der Waals surface area (Å²) in [6.07, 6.45) is 0.798. The molecule has 26 heavy (non-hydrogen) atoms. The van der Waals surface area contributed by atoms with Crippen molar-refractivity contribution in [3.05, 3.63) is 108 Å². The first kappa shape index (κ1) is 16.4. The smallest absolute Gasteiger partial charge is 0.147 e. The molecule has 0 bridgehead atoms. The Labute approximate surface area is 154 Å². The topological polar surface area (TPSA) is 30.9 Å². The zero-order chi connectivity index (χ0) is 17.6. The Hall–Kier alpha value is -3.11. The molecule has 0 fully saturated rings. The maximum Gasteiger partial charge on any atom is 0.147 e. The minimum atomic E-state index is 0.759. The van der Waals surface area contributed by atoms with Gasteiger partial charge in [-0.05, 0) is 16.7 Å². The number of hydrazine groups is 2. The molecule has 4 rings (SSSR count). The van der Waals surface area contributed by atoms with E-state index in [0.29, 0.717) is 0 Å². The van der Waals surface area contributed by atoms with E-state index in [2.05, 4.69) is 93.6 Å². The molecule has 0 saturated heterocycles. The highest BCUT2D eigenvalue weighted by atomic mass is 15.9. The molecule has 0 aromatic heterocycles. The van der Waals surface area contributed by atoms with E-state index in [-0.39, 0.29) is 0 Å². The standard InChI is InChI=1S/C22H22N4/c1-4-10-19(11-5-1)16-22-23-24-26(18-21-14-8-3-9-15-21)25(22)17-20-12-6-2-7-13-20/h1-15,24H,16-18H2. The highest BCUT2D eigenvalue weighted by Gasteiger charge is 2.26.